The van der Waals surface area contributed by atoms with Gasteiger partial charge in [-0.05, 0) is 43.0 Å². The van der Waals surface area contributed by atoms with Crippen LogP contribution in [0.3, 0.4) is 0 Å². The fourth-order valence-electron chi connectivity index (χ4n) is 1.89. The lowest BCUT2D eigenvalue weighted by molar-refractivity contribution is 0.111. The van der Waals surface area contributed by atoms with Crippen molar-refractivity contribution in [2.75, 3.05) is 0 Å². The summed E-state index contributed by atoms with van der Waals surface area (Å²) in [6.45, 7) is 0. The molecule has 1 aromatic rings. The van der Waals surface area contributed by atoms with E-state index in [1.807, 2.05) is 0 Å². The fourth-order valence-corrected chi connectivity index (χ4v) is 1.89. The van der Waals surface area contributed by atoms with Crippen LogP contribution in [0, 0.1) is 5.82 Å². The van der Waals surface area contributed by atoms with Gasteiger partial charge in [-0.3, -0.25) is 4.79 Å². The molecular weight excluding hydrogens is 181 g/mol. The lowest BCUT2D eigenvalue weighted by atomic mass is 9.71. The van der Waals surface area contributed by atoms with Gasteiger partial charge < -0.3 is 5.73 Å². The van der Waals surface area contributed by atoms with Crippen LogP contribution >= 0.6 is 0 Å². The van der Waals surface area contributed by atoms with Crippen molar-refractivity contribution >= 4 is 6.29 Å². The van der Waals surface area contributed by atoms with E-state index in [0.717, 1.165) is 25.5 Å². The third-order valence-corrected chi connectivity index (χ3v) is 2.92. The first kappa shape index (κ1) is 9.34. The van der Waals surface area contributed by atoms with Crippen molar-refractivity contribution in [3.8, 4) is 0 Å². The van der Waals surface area contributed by atoms with E-state index >= 15 is 0 Å². The zero-order chi connectivity index (χ0) is 10.2. The molecule has 2 N–H and O–H groups in total. The van der Waals surface area contributed by atoms with Crippen LogP contribution < -0.4 is 5.73 Å². The van der Waals surface area contributed by atoms with E-state index < -0.39 is 5.54 Å². The number of rotatable bonds is 2. The average molecular weight is 193 g/mol. The van der Waals surface area contributed by atoms with Crippen LogP contribution in [-0.4, -0.2) is 6.29 Å². The van der Waals surface area contributed by atoms with Crippen LogP contribution in [0.1, 0.15) is 35.2 Å². The van der Waals surface area contributed by atoms with Gasteiger partial charge in [-0.15, -0.1) is 0 Å². The predicted octanol–water partition coefficient (Wildman–Crippen LogP) is 1.98. The van der Waals surface area contributed by atoms with Crippen molar-refractivity contribution in [3.05, 3.63) is 35.1 Å². The minimum Gasteiger partial charge on any atom is -0.321 e. The van der Waals surface area contributed by atoms with Gasteiger partial charge in [0.05, 0.1) is 0 Å². The van der Waals surface area contributed by atoms with Gasteiger partial charge in [0.2, 0.25) is 0 Å². The molecule has 0 spiro atoms. The van der Waals surface area contributed by atoms with E-state index in [4.69, 9.17) is 5.73 Å². The average Bonchev–Trinajstić information content (AvgIpc) is 2.14. The highest BCUT2D eigenvalue weighted by atomic mass is 19.1. The maximum Gasteiger partial charge on any atom is 0.150 e. The summed E-state index contributed by atoms with van der Waals surface area (Å²) in [5, 5.41) is 0. The molecule has 74 valence electrons. The highest BCUT2D eigenvalue weighted by Crippen LogP contribution is 2.39. The maximum absolute atomic E-state index is 13.0. The van der Waals surface area contributed by atoms with Gasteiger partial charge in [-0.1, -0.05) is 0 Å². The Morgan fingerprint density at radius 3 is 2.64 bits per heavy atom. The molecule has 0 heterocycles. The van der Waals surface area contributed by atoms with Gasteiger partial charge >= 0.3 is 0 Å². The van der Waals surface area contributed by atoms with E-state index in [1.165, 1.54) is 18.2 Å². The predicted molar refractivity (Wildman–Crippen MR) is 51.5 cm³/mol. The summed E-state index contributed by atoms with van der Waals surface area (Å²) in [6, 6.07) is 4.16. The maximum atomic E-state index is 13.0. The number of aldehydes is 1. The lowest BCUT2D eigenvalue weighted by Crippen LogP contribution is -2.44. The van der Waals surface area contributed by atoms with Gasteiger partial charge in [-0.2, -0.15) is 0 Å². The molecule has 3 heteroatoms. The molecule has 2 rings (SSSR count). The Morgan fingerprint density at radius 2 is 2.14 bits per heavy atom. The smallest absolute Gasteiger partial charge is 0.150 e. The molecule has 1 aliphatic rings. The Kier molecular flexibility index (Phi) is 2.11. The van der Waals surface area contributed by atoms with Crippen LogP contribution in [0.25, 0.3) is 0 Å². The summed E-state index contributed by atoms with van der Waals surface area (Å²) in [6.07, 6.45) is 3.45. The minimum atomic E-state index is -0.474. The van der Waals surface area contributed by atoms with Crippen molar-refractivity contribution in [2.45, 2.75) is 24.8 Å². The number of hydrogen-bond donors (Lipinski definition) is 1. The second-order valence-electron chi connectivity index (χ2n) is 3.86. The van der Waals surface area contributed by atoms with Crippen LogP contribution in [-0.2, 0) is 5.54 Å². The van der Waals surface area contributed by atoms with Gasteiger partial charge in [0.1, 0.15) is 12.1 Å². The molecule has 0 unspecified atom stereocenters. The largest absolute Gasteiger partial charge is 0.321 e. The molecule has 0 amide bonds. The van der Waals surface area contributed by atoms with Crippen LogP contribution in [0.5, 0.6) is 0 Å². The van der Waals surface area contributed by atoms with Gasteiger partial charge in [0.15, 0.2) is 0 Å². The van der Waals surface area contributed by atoms with Crippen LogP contribution in [0.4, 0.5) is 4.39 Å². The molecule has 0 radical (unpaired) electrons. The highest BCUT2D eigenvalue weighted by molar-refractivity contribution is 5.78. The minimum absolute atomic E-state index is 0.331. The van der Waals surface area contributed by atoms with Gasteiger partial charge in [-0.25, -0.2) is 4.39 Å². The number of carbonyl (C=O) groups excluding carboxylic acids is 1. The first-order chi connectivity index (χ1) is 6.65. The van der Waals surface area contributed by atoms with E-state index in [2.05, 4.69) is 0 Å². The Labute approximate surface area is 81.9 Å². The van der Waals surface area contributed by atoms with E-state index in [-0.39, 0.29) is 5.82 Å². The first-order valence-corrected chi connectivity index (χ1v) is 4.70. The van der Waals surface area contributed by atoms with Crippen molar-refractivity contribution in [1.29, 1.82) is 0 Å². The number of hydrogen-bond acceptors (Lipinski definition) is 2. The summed E-state index contributed by atoms with van der Waals surface area (Å²) in [4.78, 5) is 10.7. The second-order valence-corrected chi connectivity index (χ2v) is 3.86. The Hall–Kier alpha value is -1.22. The number of halogens is 1. The number of carbonyl (C=O) groups is 1. The molecule has 0 aliphatic heterocycles. The number of nitrogens with two attached hydrogens (primary N) is 1. The Balaban J connectivity index is 2.49. The molecule has 1 aromatic carbocycles. The van der Waals surface area contributed by atoms with Gasteiger partial charge in [0, 0.05) is 11.1 Å². The Bertz CT molecular complexity index is 372. The quantitative estimate of drug-likeness (QED) is 0.730. The first-order valence-electron chi connectivity index (χ1n) is 4.70. The topological polar surface area (TPSA) is 43.1 Å². The molecule has 2 nitrogen and oxygen atoms in total. The Morgan fingerprint density at radius 1 is 1.43 bits per heavy atom. The van der Waals surface area contributed by atoms with Crippen molar-refractivity contribution < 1.29 is 9.18 Å². The van der Waals surface area contributed by atoms with Crippen molar-refractivity contribution in [1.82, 2.24) is 0 Å². The van der Waals surface area contributed by atoms with E-state index in [9.17, 15) is 9.18 Å². The molecule has 0 aromatic heterocycles. The number of benzene rings is 1. The zero-order valence-electron chi connectivity index (χ0n) is 7.79. The summed E-state index contributed by atoms with van der Waals surface area (Å²) in [5.74, 6) is -0.331. The standard InChI is InChI=1S/C11H12FNO/c12-9-3-2-8(7-14)10(6-9)11(13)4-1-5-11/h2-3,6-7H,1,4-5,13H2. The van der Waals surface area contributed by atoms with E-state index in [0.29, 0.717) is 11.1 Å². The van der Waals surface area contributed by atoms with Gasteiger partial charge in [0.25, 0.3) is 0 Å². The monoisotopic (exact) mass is 193 g/mol. The molecule has 0 saturated heterocycles. The molecule has 1 saturated carbocycles. The highest BCUT2D eigenvalue weighted by Gasteiger charge is 2.36. The molecule has 1 fully saturated rings. The molecule has 0 bridgehead atoms. The summed E-state index contributed by atoms with van der Waals surface area (Å²) in [5.41, 5.74) is 6.73. The summed E-state index contributed by atoms with van der Waals surface area (Å²) < 4.78 is 13.0. The third-order valence-electron chi connectivity index (χ3n) is 2.92. The lowest BCUT2D eigenvalue weighted by Gasteiger charge is -2.39. The summed E-state index contributed by atoms with van der Waals surface area (Å²) >= 11 is 0. The van der Waals surface area contributed by atoms with Crippen LogP contribution in [0.15, 0.2) is 18.2 Å². The molecule has 14 heavy (non-hydrogen) atoms. The normalized spacial score (nSPS) is 18.7. The third kappa shape index (κ3) is 1.34. The molecule has 1 aliphatic carbocycles. The second kappa shape index (κ2) is 3.17. The van der Waals surface area contributed by atoms with E-state index in [1.54, 1.807) is 0 Å². The fraction of sp³-hybridized carbons (Fsp3) is 0.364. The molecular formula is C11H12FNO. The van der Waals surface area contributed by atoms with Crippen LogP contribution in [0.2, 0.25) is 0 Å². The molecule has 0 atom stereocenters. The zero-order valence-corrected chi connectivity index (χ0v) is 7.79. The SMILES string of the molecule is NC1(c2cc(F)ccc2C=O)CCC1. The van der Waals surface area contributed by atoms with Crippen molar-refractivity contribution in [3.63, 3.8) is 0 Å². The van der Waals surface area contributed by atoms with Crippen molar-refractivity contribution in [2.24, 2.45) is 5.73 Å². The summed E-state index contributed by atoms with van der Waals surface area (Å²) in [7, 11) is 0.